The summed E-state index contributed by atoms with van der Waals surface area (Å²) >= 11 is 0. The van der Waals surface area contributed by atoms with E-state index in [9.17, 15) is 8.78 Å². The number of benzene rings is 1. The van der Waals surface area contributed by atoms with Gasteiger partial charge >= 0.3 is 0 Å². The van der Waals surface area contributed by atoms with E-state index in [1.54, 1.807) is 0 Å². The van der Waals surface area contributed by atoms with Gasteiger partial charge in [-0.15, -0.1) is 0 Å². The molecule has 1 unspecified atom stereocenters. The van der Waals surface area contributed by atoms with Gasteiger partial charge in [-0.25, -0.2) is 8.78 Å². The molecule has 1 aliphatic carbocycles. The summed E-state index contributed by atoms with van der Waals surface area (Å²) < 4.78 is 26.9. The molecule has 1 fully saturated rings. The highest BCUT2D eigenvalue weighted by Gasteiger charge is 2.41. The number of rotatable bonds is 6. The molecule has 0 aromatic heterocycles. The summed E-state index contributed by atoms with van der Waals surface area (Å²) in [6.45, 7) is 6.02. The summed E-state index contributed by atoms with van der Waals surface area (Å²) in [7, 11) is 0. The third-order valence-corrected chi connectivity index (χ3v) is 3.94. The van der Waals surface area contributed by atoms with Gasteiger partial charge in [-0.05, 0) is 60.9 Å². The van der Waals surface area contributed by atoms with Crippen molar-refractivity contribution in [3.05, 3.63) is 35.4 Å². The molecule has 3 heteroatoms. The van der Waals surface area contributed by atoms with E-state index in [2.05, 4.69) is 19.2 Å². The summed E-state index contributed by atoms with van der Waals surface area (Å²) in [5.74, 6) is -0.00742. The molecule has 0 bridgehead atoms. The second-order valence-electron chi connectivity index (χ2n) is 5.62. The standard InChI is InChI=1S/C15H21F2N/c1-3-18-10-15(2,12-4-5-12)9-11-8-13(16)6-7-14(11)17/h6-8,12,18H,3-5,9-10H2,1-2H3. The Morgan fingerprint density at radius 1 is 1.33 bits per heavy atom. The molecule has 0 saturated heterocycles. The van der Waals surface area contributed by atoms with Crippen LogP contribution in [-0.4, -0.2) is 13.1 Å². The van der Waals surface area contributed by atoms with Gasteiger partial charge in [0, 0.05) is 6.54 Å². The minimum atomic E-state index is -0.354. The van der Waals surface area contributed by atoms with Gasteiger partial charge in [0.25, 0.3) is 0 Å². The molecule has 0 radical (unpaired) electrons. The molecule has 0 spiro atoms. The van der Waals surface area contributed by atoms with E-state index in [0.717, 1.165) is 13.1 Å². The molecule has 1 aromatic rings. The van der Waals surface area contributed by atoms with Crippen LogP contribution in [0.15, 0.2) is 18.2 Å². The Bertz CT molecular complexity index is 415. The first-order valence-electron chi connectivity index (χ1n) is 6.70. The van der Waals surface area contributed by atoms with Crippen LogP contribution in [0.4, 0.5) is 8.78 Å². The van der Waals surface area contributed by atoms with Crippen LogP contribution in [-0.2, 0) is 6.42 Å². The third-order valence-electron chi connectivity index (χ3n) is 3.94. The Morgan fingerprint density at radius 3 is 2.67 bits per heavy atom. The van der Waals surface area contributed by atoms with Gasteiger partial charge in [0.15, 0.2) is 0 Å². The maximum atomic E-state index is 13.7. The van der Waals surface area contributed by atoms with Gasteiger partial charge < -0.3 is 5.32 Å². The van der Waals surface area contributed by atoms with E-state index in [4.69, 9.17) is 0 Å². The number of hydrogen-bond donors (Lipinski definition) is 1. The highest BCUT2D eigenvalue weighted by atomic mass is 19.1. The molecule has 1 aromatic carbocycles. The van der Waals surface area contributed by atoms with Crippen LogP contribution in [0.5, 0.6) is 0 Å². The molecule has 100 valence electrons. The molecule has 0 aliphatic heterocycles. The van der Waals surface area contributed by atoms with Crippen molar-refractivity contribution in [2.45, 2.75) is 33.1 Å². The normalized spacial score (nSPS) is 18.7. The SMILES string of the molecule is CCNCC(C)(Cc1cc(F)ccc1F)C1CC1. The van der Waals surface area contributed by atoms with Crippen LogP contribution in [0.3, 0.4) is 0 Å². The van der Waals surface area contributed by atoms with Gasteiger partial charge in [-0.1, -0.05) is 13.8 Å². The van der Waals surface area contributed by atoms with Crippen LogP contribution in [0.25, 0.3) is 0 Å². The van der Waals surface area contributed by atoms with E-state index < -0.39 is 0 Å². The zero-order chi connectivity index (χ0) is 13.2. The number of halogens is 2. The van der Waals surface area contributed by atoms with E-state index in [0.29, 0.717) is 17.9 Å². The minimum absolute atomic E-state index is 0.0324. The van der Waals surface area contributed by atoms with Gasteiger partial charge in [0.2, 0.25) is 0 Å². The van der Waals surface area contributed by atoms with Crippen LogP contribution < -0.4 is 5.32 Å². The van der Waals surface area contributed by atoms with Gasteiger partial charge in [-0.3, -0.25) is 0 Å². The van der Waals surface area contributed by atoms with Crippen molar-refractivity contribution >= 4 is 0 Å². The lowest BCUT2D eigenvalue weighted by atomic mass is 9.78. The first kappa shape index (κ1) is 13.5. The van der Waals surface area contributed by atoms with Crippen molar-refractivity contribution in [3.63, 3.8) is 0 Å². The topological polar surface area (TPSA) is 12.0 Å². The Labute approximate surface area is 108 Å². The molecule has 18 heavy (non-hydrogen) atoms. The fraction of sp³-hybridized carbons (Fsp3) is 0.600. The Hall–Kier alpha value is -0.960. The zero-order valence-corrected chi connectivity index (χ0v) is 11.1. The minimum Gasteiger partial charge on any atom is -0.316 e. The quantitative estimate of drug-likeness (QED) is 0.817. The Kier molecular flexibility index (Phi) is 4.00. The van der Waals surface area contributed by atoms with Gasteiger partial charge in [-0.2, -0.15) is 0 Å². The van der Waals surface area contributed by atoms with E-state index in [1.165, 1.54) is 31.0 Å². The van der Waals surface area contributed by atoms with Crippen LogP contribution in [0, 0.1) is 23.0 Å². The van der Waals surface area contributed by atoms with E-state index in [-0.39, 0.29) is 17.0 Å². The Morgan fingerprint density at radius 2 is 2.06 bits per heavy atom. The maximum absolute atomic E-state index is 13.7. The lowest BCUT2D eigenvalue weighted by Crippen LogP contribution is -2.35. The summed E-state index contributed by atoms with van der Waals surface area (Å²) in [5, 5.41) is 3.35. The lowest BCUT2D eigenvalue weighted by Gasteiger charge is -2.30. The first-order chi connectivity index (χ1) is 8.55. The van der Waals surface area contributed by atoms with Crippen molar-refractivity contribution in [2.75, 3.05) is 13.1 Å². The molecule has 1 nitrogen and oxygen atoms in total. The molecule has 1 aliphatic rings. The fourth-order valence-corrected chi connectivity index (χ4v) is 2.66. The molecule has 1 saturated carbocycles. The molecule has 2 rings (SSSR count). The zero-order valence-electron chi connectivity index (χ0n) is 11.1. The number of nitrogens with one attached hydrogen (secondary N) is 1. The van der Waals surface area contributed by atoms with Gasteiger partial charge in [0.1, 0.15) is 11.6 Å². The molecular weight excluding hydrogens is 232 g/mol. The molecule has 1 N–H and O–H groups in total. The van der Waals surface area contributed by atoms with Crippen LogP contribution >= 0.6 is 0 Å². The molecular formula is C15H21F2N. The van der Waals surface area contributed by atoms with Crippen molar-refractivity contribution in [2.24, 2.45) is 11.3 Å². The molecule has 0 amide bonds. The molecule has 0 heterocycles. The lowest BCUT2D eigenvalue weighted by molar-refractivity contribution is 0.254. The van der Waals surface area contributed by atoms with E-state index in [1.807, 2.05) is 0 Å². The van der Waals surface area contributed by atoms with Crippen LogP contribution in [0.2, 0.25) is 0 Å². The average Bonchev–Trinajstić information content (AvgIpc) is 3.16. The summed E-state index contributed by atoms with van der Waals surface area (Å²) in [6.07, 6.45) is 3.02. The highest BCUT2D eigenvalue weighted by Crippen LogP contribution is 2.47. The van der Waals surface area contributed by atoms with Crippen molar-refractivity contribution < 1.29 is 8.78 Å². The molecule has 1 atom stereocenters. The summed E-state index contributed by atoms with van der Waals surface area (Å²) in [4.78, 5) is 0. The first-order valence-corrected chi connectivity index (χ1v) is 6.70. The van der Waals surface area contributed by atoms with Crippen molar-refractivity contribution in [1.82, 2.24) is 5.32 Å². The van der Waals surface area contributed by atoms with E-state index >= 15 is 0 Å². The third kappa shape index (κ3) is 3.08. The maximum Gasteiger partial charge on any atom is 0.126 e. The highest BCUT2D eigenvalue weighted by molar-refractivity contribution is 5.21. The average molecular weight is 253 g/mol. The summed E-state index contributed by atoms with van der Waals surface area (Å²) in [6, 6.07) is 3.74. The van der Waals surface area contributed by atoms with Gasteiger partial charge in [0.05, 0.1) is 0 Å². The van der Waals surface area contributed by atoms with Crippen molar-refractivity contribution in [1.29, 1.82) is 0 Å². The van der Waals surface area contributed by atoms with Crippen LogP contribution in [0.1, 0.15) is 32.3 Å². The summed E-state index contributed by atoms with van der Waals surface area (Å²) in [5.41, 5.74) is 0.535. The fourth-order valence-electron chi connectivity index (χ4n) is 2.66. The smallest absolute Gasteiger partial charge is 0.126 e. The second kappa shape index (κ2) is 5.35. The Balaban J connectivity index is 2.15. The second-order valence-corrected chi connectivity index (χ2v) is 5.62. The largest absolute Gasteiger partial charge is 0.316 e. The monoisotopic (exact) mass is 253 g/mol. The van der Waals surface area contributed by atoms with Crippen molar-refractivity contribution in [3.8, 4) is 0 Å². The number of hydrogen-bond acceptors (Lipinski definition) is 1. The predicted octanol–water partition coefficient (Wildman–Crippen LogP) is 3.53. The predicted molar refractivity (Wildman–Crippen MR) is 69.4 cm³/mol.